The molecule has 5 rings (SSSR count). The van der Waals surface area contributed by atoms with Gasteiger partial charge in [-0.1, -0.05) is 30.3 Å². The molecule has 0 saturated carbocycles. The highest BCUT2D eigenvalue weighted by Crippen LogP contribution is 2.50. The first-order chi connectivity index (χ1) is 12.7. The fourth-order valence-electron chi connectivity index (χ4n) is 4.31. The molecule has 0 unspecified atom stereocenters. The number of rotatable bonds is 1. The highest BCUT2D eigenvalue weighted by atomic mass is 19.1. The molecule has 1 aromatic heterocycles. The molecule has 2 aliphatic heterocycles. The van der Waals surface area contributed by atoms with Crippen LogP contribution >= 0.6 is 0 Å². The van der Waals surface area contributed by atoms with Crippen LogP contribution in [-0.4, -0.2) is 6.61 Å². The molecule has 26 heavy (non-hydrogen) atoms. The number of para-hydroxylation sites is 1. The molecule has 3 heterocycles. The van der Waals surface area contributed by atoms with Gasteiger partial charge in [0.2, 0.25) is 0 Å². The van der Waals surface area contributed by atoms with Gasteiger partial charge in [-0.2, -0.15) is 0 Å². The third-order valence-electron chi connectivity index (χ3n) is 5.46. The van der Waals surface area contributed by atoms with Crippen LogP contribution in [0.15, 0.2) is 57.7 Å². The van der Waals surface area contributed by atoms with Crippen LogP contribution in [0.2, 0.25) is 0 Å². The zero-order valence-corrected chi connectivity index (χ0v) is 14.1. The zero-order chi connectivity index (χ0) is 17.7. The van der Waals surface area contributed by atoms with Crippen molar-refractivity contribution >= 4 is 16.7 Å². The second-order valence-corrected chi connectivity index (χ2v) is 6.95. The van der Waals surface area contributed by atoms with E-state index < -0.39 is 5.63 Å². The minimum atomic E-state index is -0.390. The maximum absolute atomic E-state index is 13.4. The van der Waals surface area contributed by atoms with Crippen LogP contribution in [0.4, 0.5) is 10.1 Å². The quantitative estimate of drug-likeness (QED) is 0.653. The van der Waals surface area contributed by atoms with Crippen molar-refractivity contribution in [2.24, 2.45) is 5.92 Å². The van der Waals surface area contributed by atoms with Crippen molar-refractivity contribution in [3.05, 3.63) is 75.9 Å². The summed E-state index contributed by atoms with van der Waals surface area (Å²) in [5.74, 6) is -0.0983. The molecule has 5 heteroatoms. The average Bonchev–Trinajstić information content (AvgIpc) is 2.68. The number of hydrogen-bond donors (Lipinski definition) is 1. The van der Waals surface area contributed by atoms with Crippen molar-refractivity contribution in [1.82, 2.24) is 0 Å². The molecule has 1 saturated heterocycles. The molecule has 1 fully saturated rings. The maximum Gasteiger partial charge on any atom is 0.360 e. The number of fused-ring (bicyclic) bond motifs is 5. The summed E-state index contributed by atoms with van der Waals surface area (Å²) in [4.78, 5) is 12.6. The SMILES string of the molecule is O=c1oc2ccccc2c2c1N[C@H](c1ccc(F)cc1)[C@H]1CCCO[C@@H]21. The van der Waals surface area contributed by atoms with E-state index in [9.17, 15) is 9.18 Å². The number of hydrogen-bond acceptors (Lipinski definition) is 4. The molecule has 1 N–H and O–H groups in total. The molecule has 0 radical (unpaired) electrons. The lowest BCUT2D eigenvalue weighted by molar-refractivity contribution is -0.0375. The van der Waals surface area contributed by atoms with Crippen LogP contribution in [0.5, 0.6) is 0 Å². The molecule has 3 atom stereocenters. The molecular formula is C21H18FNO3. The van der Waals surface area contributed by atoms with Crippen molar-refractivity contribution in [3.63, 3.8) is 0 Å². The summed E-state index contributed by atoms with van der Waals surface area (Å²) in [6, 6.07) is 13.9. The van der Waals surface area contributed by atoms with E-state index in [4.69, 9.17) is 9.15 Å². The van der Waals surface area contributed by atoms with Gasteiger partial charge < -0.3 is 14.5 Å². The van der Waals surface area contributed by atoms with Crippen LogP contribution in [-0.2, 0) is 4.74 Å². The van der Waals surface area contributed by atoms with Gasteiger partial charge in [0, 0.05) is 23.5 Å². The van der Waals surface area contributed by atoms with Gasteiger partial charge in [0.25, 0.3) is 0 Å². The molecule has 2 aliphatic rings. The number of ether oxygens (including phenoxy) is 1. The molecule has 3 aromatic rings. The number of benzene rings is 2. The van der Waals surface area contributed by atoms with E-state index in [2.05, 4.69) is 5.32 Å². The minimum absolute atomic E-state index is 0.113. The largest absolute Gasteiger partial charge is 0.421 e. The molecule has 2 aromatic carbocycles. The smallest absolute Gasteiger partial charge is 0.360 e. The van der Waals surface area contributed by atoms with Crippen molar-refractivity contribution in [2.45, 2.75) is 25.0 Å². The molecule has 0 spiro atoms. The molecule has 0 bridgehead atoms. The molecule has 132 valence electrons. The van der Waals surface area contributed by atoms with Gasteiger partial charge in [0.15, 0.2) is 0 Å². The van der Waals surface area contributed by atoms with E-state index in [1.165, 1.54) is 12.1 Å². The van der Waals surface area contributed by atoms with Gasteiger partial charge in [-0.25, -0.2) is 9.18 Å². The van der Waals surface area contributed by atoms with Crippen LogP contribution in [0, 0.1) is 11.7 Å². The Labute approximate surface area is 149 Å². The lowest BCUT2D eigenvalue weighted by Crippen LogP contribution is -2.38. The summed E-state index contributed by atoms with van der Waals surface area (Å²) >= 11 is 0. The summed E-state index contributed by atoms with van der Waals surface area (Å²) in [7, 11) is 0. The summed E-state index contributed by atoms with van der Waals surface area (Å²) in [5.41, 5.74) is 2.48. The Morgan fingerprint density at radius 3 is 2.73 bits per heavy atom. The summed E-state index contributed by atoms with van der Waals surface area (Å²) in [6.07, 6.45) is 1.77. The monoisotopic (exact) mass is 351 g/mol. The minimum Gasteiger partial charge on any atom is -0.421 e. The first kappa shape index (κ1) is 15.6. The fourth-order valence-corrected chi connectivity index (χ4v) is 4.31. The van der Waals surface area contributed by atoms with Crippen LogP contribution in [0.25, 0.3) is 11.0 Å². The first-order valence-electron chi connectivity index (χ1n) is 8.92. The molecule has 4 nitrogen and oxygen atoms in total. The van der Waals surface area contributed by atoms with Crippen molar-refractivity contribution < 1.29 is 13.5 Å². The van der Waals surface area contributed by atoms with Gasteiger partial charge in [0.1, 0.15) is 17.1 Å². The molecular weight excluding hydrogens is 333 g/mol. The van der Waals surface area contributed by atoms with Gasteiger partial charge in [0.05, 0.1) is 12.1 Å². The van der Waals surface area contributed by atoms with E-state index in [0.29, 0.717) is 17.9 Å². The normalized spacial score (nSPS) is 24.6. The number of anilines is 1. The van der Waals surface area contributed by atoms with Crippen molar-refractivity contribution in [3.8, 4) is 0 Å². The lowest BCUT2D eigenvalue weighted by atomic mass is 9.77. The average molecular weight is 351 g/mol. The van der Waals surface area contributed by atoms with Gasteiger partial charge >= 0.3 is 5.63 Å². The second-order valence-electron chi connectivity index (χ2n) is 6.95. The van der Waals surface area contributed by atoms with Crippen LogP contribution in [0.1, 0.15) is 36.1 Å². The molecule has 0 aliphatic carbocycles. The van der Waals surface area contributed by atoms with Gasteiger partial charge in [-0.15, -0.1) is 0 Å². The topological polar surface area (TPSA) is 51.5 Å². The van der Waals surface area contributed by atoms with Crippen LogP contribution in [0.3, 0.4) is 0 Å². The highest BCUT2D eigenvalue weighted by Gasteiger charge is 2.42. The van der Waals surface area contributed by atoms with E-state index in [-0.39, 0.29) is 23.9 Å². The predicted octanol–water partition coefficient (Wildman–Crippen LogP) is 4.57. The van der Waals surface area contributed by atoms with E-state index in [0.717, 1.165) is 29.4 Å². The van der Waals surface area contributed by atoms with Gasteiger partial charge in [-0.05, 0) is 36.6 Å². The van der Waals surface area contributed by atoms with E-state index >= 15 is 0 Å². The maximum atomic E-state index is 13.4. The Morgan fingerprint density at radius 2 is 1.88 bits per heavy atom. The second kappa shape index (κ2) is 5.95. The molecule has 0 amide bonds. The Bertz CT molecular complexity index is 1030. The Balaban J connectivity index is 1.72. The van der Waals surface area contributed by atoms with Gasteiger partial charge in [-0.3, -0.25) is 0 Å². The van der Waals surface area contributed by atoms with Crippen molar-refractivity contribution in [1.29, 1.82) is 0 Å². The standard InChI is InChI=1S/C21H18FNO3/c22-13-9-7-12(8-10-13)18-15-5-3-11-25-20(15)17-14-4-1-2-6-16(14)26-21(24)19(17)23-18/h1-2,4,6-10,15,18,20,23H,3,5,11H2/t15-,18-,20-/m1/s1. The summed E-state index contributed by atoms with van der Waals surface area (Å²) < 4.78 is 25.0. The zero-order valence-electron chi connectivity index (χ0n) is 14.1. The number of halogens is 1. The Kier molecular flexibility index (Phi) is 3.57. The summed E-state index contributed by atoms with van der Waals surface area (Å²) in [6.45, 7) is 0.672. The fraction of sp³-hybridized carbons (Fsp3) is 0.286. The van der Waals surface area contributed by atoms with Crippen molar-refractivity contribution in [2.75, 3.05) is 11.9 Å². The Morgan fingerprint density at radius 1 is 1.08 bits per heavy atom. The van der Waals surface area contributed by atoms with E-state index in [1.54, 1.807) is 18.2 Å². The predicted molar refractivity (Wildman–Crippen MR) is 96.7 cm³/mol. The lowest BCUT2D eigenvalue weighted by Gasteiger charge is -2.43. The number of nitrogens with one attached hydrogen (secondary N) is 1. The third-order valence-corrected chi connectivity index (χ3v) is 5.46. The first-order valence-corrected chi connectivity index (χ1v) is 8.92. The van der Waals surface area contributed by atoms with Crippen LogP contribution < -0.4 is 10.9 Å². The van der Waals surface area contributed by atoms with E-state index in [1.807, 2.05) is 18.2 Å². The highest BCUT2D eigenvalue weighted by molar-refractivity contribution is 5.86. The summed E-state index contributed by atoms with van der Waals surface area (Å²) in [5, 5.41) is 4.29. The third kappa shape index (κ3) is 2.35. The Hall–Kier alpha value is -2.66.